The second-order valence-corrected chi connectivity index (χ2v) is 5.95. The maximum atomic E-state index is 13.0. The molecule has 0 saturated carbocycles. The van der Waals surface area contributed by atoms with E-state index < -0.39 is 11.7 Å². The van der Waals surface area contributed by atoms with E-state index in [2.05, 4.69) is 15.6 Å². The minimum absolute atomic E-state index is 0.0266. The van der Waals surface area contributed by atoms with E-state index >= 15 is 0 Å². The number of carbonyl (C=O) groups excluding carboxylic acids is 1. The van der Waals surface area contributed by atoms with Gasteiger partial charge in [-0.05, 0) is 37.1 Å². The van der Waals surface area contributed by atoms with E-state index in [1.165, 1.54) is 36.5 Å². The molecule has 1 unspecified atom stereocenters. The highest BCUT2D eigenvalue weighted by atomic mass is 19.4. The number of nitrogens with one attached hydrogen (secondary N) is 2. The molecule has 0 spiro atoms. The molecular formula is C18H18F3N3O2. The molecule has 5 nitrogen and oxygen atoms in total. The molecule has 2 aromatic rings. The Morgan fingerprint density at radius 2 is 2.04 bits per heavy atom. The largest absolute Gasteiger partial charge is 0.418 e. The number of amides is 1. The van der Waals surface area contributed by atoms with Crippen LogP contribution < -0.4 is 10.6 Å². The molecule has 26 heavy (non-hydrogen) atoms. The summed E-state index contributed by atoms with van der Waals surface area (Å²) < 4.78 is 44.5. The van der Waals surface area contributed by atoms with Crippen molar-refractivity contribution >= 4 is 17.3 Å². The first-order valence-electron chi connectivity index (χ1n) is 8.22. The van der Waals surface area contributed by atoms with Crippen molar-refractivity contribution < 1.29 is 22.7 Å². The van der Waals surface area contributed by atoms with E-state index in [9.17, 15) is 18.0 Å². The first kappa shape index (κ1) is 18.2. The van der Waals surface area contributed by atoms with Crippen LogP contribution in [0.1, 0.15) is 28.9 Å². The zero-order valence-electron chi connectivity index (χ0n) is 13.8. The molecule has 2 N–H and O–H groups in total. The smallest absolute Gasteiger partial charge is 0.376 e. The van der Waals surface area contributed by atoms with Gasteiger partial charge in [0.1, 0.15) is 5.69 Å². The number of halogens is 3. The zero-order chi connectivity index (χ0) is 18.6. The van der Waals surface area contributed by atoms with E-state index in [0.717, 1.165) is 18.9 Å². The quantitative estimate of drug-likeness (QED) is 0.847. The number of carbonyl (C=O) groups is 1. The topological polar surface area (TPSA) is 63.2 Å². The molecule has 8 heteroatoms. The summed E-state index contributed by atoms with van der Waals surface area (Å²) >= 11 is 0. The van der Waals surface area contributed by atoms with Crippen LogP contribution in [0.3, 0.4) is 0 Å². The fraction of sp³-hybridized carbons (Fsp3) is 0.333. The van der Waals surface area contributed by atoms with Crippen LogP contribution in [0.2, 0.25) is 0 Å². The molecule has 3 rings (SSSR count). The van der Waals surface area contributed by atoms with Crippen molar-refractivity contribution in [3.8, 4) is 0 Å². The molecule has 1 fully saturated rings. The molecule has 1 aliphatic heterocycles. The number of hydrogen-bond acceptors (Lipinski definition) is 4. The van der Waals surface area contributed by atoms with Crippen molar-refractivity contribution in [1.82, 2.24) is 10.3 Å². The third kappa shape index (κ3) is 4.51. The molecule has 138 valence electrons. The lowest BCUT2D eigenvalue weighted by atomic mass is 10.1. The average molecular weight is 365 g/mol. The average Bonchev–Trinajstić information content (AvgIpc) is 3.13. The monoisotopic (exact) mass is 365 g/mol. The van der Waals surface area contributed by atoms with Crippen LogP contribution in [0, 0.1) is 0 Å². The van der Waals surface area contributed by atoms with Gasteiger partial charge in [0.15, 0.2) is 0 Å². The number of anilines is 2. The molecule has 0 aliphatic carbocycles. The lowest BCUT2D eigenvalue weighted by Gasteiger charge is -2.14. The first-order chi connectivity index (χ1) is 12.4. The van der Waals surface area contributed by atoms with Crippen molar-refractivity contribution in [2.45, 2.75) is 25.1 Å². The third-order valence-corrected chi connectivity index (χ3v) is 4.02. The molecule has 1 aliphatic rings. The molecular weight excluding hydrogens is 347 g/mol. The molecule has 1 aromatic carbocycles. The molecule has 1 saturated heterocycles. The maximum Gasteiger partial charge on any atom is 0.418 e. The van der Waals surface area contributed by atoms with Gasteiger partial charge in [0.05, 0.1) is 29.2 Å². The fourth-order valence-electron chi connectivity index (χ4n) is 2.70. The Balaban J connectivity index is 1.64. The van der Waals surface area contributed by atoms with Crippen molar-refractivity contribution in [3.63, 3.8) is 0 Å². The van der Waals surface area contributed by atoms with Crippen LogP contribution in [0.5, 0.6) is 0 Å². The number of rotatable bonds is 5. The Bertz CT molecular complexity index is 757. The summed E-state index contributed by atoms with van der Waals surface area (Å²) in [5.41, 5.74) is -0.286. The van der Waals surface area contributed by atoms with Crippen molar-refractivity contribution in [2.24, 2.45) is 0 Å². The predicted molar refractivity (Wildman–Crippen MR) is 90.3 cm³/mol. The number of nitrogens with zero attached hydrogens (tertiary/aromatic N) is 1. The minimum Gasteiger partial charge on any atom is -0.376 e. The van der Waals surface area contributed by atoms with Crippen LogP contribution in [0.4, 0.5) is 24.5 Å². The highest BCUT2D eigenvalue weighted by Gasteiger charge is 2.33. The van der Waals surface area contributed by atoms with Crippen LogP contribution >= 0.6 is 0 Å². The summed E-state index contributed by atoms with van der Waals surface area (Å²) in [4.78, 5) is 16.1. The molecule has 0 bridgehead atoms. The summed E-state index contributed by atoms with van der Waals surface area (Å²) in [6.07, 6.45) is -1.21. The van der Waals surface area contributed by atoms with Gasteiger partial charge in [0.25, 0.3) is 5.91 Å². The van der Waals surface area contributed by atoms with Crippen LogP contribution in [0.15, 0.2) is 42.6 Å². The maximum absolute atomic E-state index is 13.0. The van der Waals surface area contributed by atoms with Gasteiger partial charge in [-0.15, -0.1) is 0 Å². The normalized spacial score (nSPS) is 17.1. The Hall–Kier alpha value is -2.61. The first-order valence-corrected chi connectivity index (χ1v) is 8.22. The van der Waals surface area contributed by atoms with Gasteiger partial charge in [-0.3, -0.25) is 4.79 Å². The second kappa shape index (κ2) is 7.74. The predicted octanol–water partition coefficient (Wildman–Crippen LogP) is 3.75. The molecule has 2 heterocycles. The summed E-state index contributed by atoms with van der Waals surface area (Å²) in [6.45, 7) is 1.12. The molecule has 1 aromatic heterocycles. The molecule has 1 amide bonds. The van der Waals surface area contributed by atoms with Crippen molar-refractivity contribution in [1.29, 1.82) is 0 Å². The van der Waals surface area contributed by atoms with Gasteiger partial charge >= 0.3 is 6.18 Å². The van der Waals surface area contributed by atoms with Crippen molar-refractivity contribution in [2.75, 3.05) is 18.5 Å². The SMILES string of the molecule is O=C(NCC1CCCO1)c1ccc(Nc2ccccc2C(F)(F)F)cn1. The van der Waals surface area contributed by atoms with Gasteiger partial charge in [-0.1, -0.05) is 12.1 Å². The number of benzene rings is 1. The standard InChI is InChI=1S/C18H18F3N3O2/c19-18(20,21)14-5-1-2-6-15(14)24-12-7-8-16(22-10-12)17(25)23-11-13-4-3-9-26-13/h1-2,5-8,10,13,24H,3-4,9,11H2,(H,23,25). The lowest BCUT2D eigenvalue weighted by molar-refractivity contribution is -0.136. The van der Waals surface area contributed by atoms with E-state index in [1.54, 1.807) is 0 Å². The Morgan fingerprint density at radius 3 is 2.69 bits per heavy atom. The Kier molecular flexibility index (Phi) is 5.41. The van der Waals surface area contributed by atoms with E-state index in [4.69, 9.17) is 4.74 Å². The van der Waals surface area contributed by atoms with Gasteiger partial charge in [0, 0.05) is 13.2 Å². The summed E-state index contributed by atoms with van der Waals surface area (Å²) in [7, 11) is 0. The van der Waals surface area contributed by atoms with Gasteiger partial charge in [-0.25, -0.2) is 4.98 Å². The lowest BCUT2D eigenvalue weighted by Crippen LogP contribution is -2.32. The highest BCUT2D eigenvalue weighted by molar-refractivity contribution is 5.92. The third-order valence-electron chi connectivity index (χ3n) is 4.02. The van der Waals surface area contributed by atoms with Crippen LogP contribution in [-0.4, -0.2) is 30.1 Å². The van der Waals surface area contributed by atoms with Gasteiger partial charge < -0.3 is 15.4 Å². The van der Waals surface area contributed by atoms with E-state index in [1.807, 2.05) is 0 Å². The zero-order valence-corrected chi connectivity index (χ0v) is 13.8. The number of pyridine rings is 1. The highest BCUT2D eigenvalue weighted by Crippen LogP contribution is 2.35. The number of para-hydroxylation sites is 1. The summed E-state index contributed by atoms with van der Waals surface area (Å²) in [5, 5.41) is 5.43. The summed E-state index contributed by atoms with van der Waals surface area (Å²) in [6, 6.07) is 8.16. The Labute approximate surface area is 148 Å². The molecule has 0 radical (unpaired) electrons. The number of alkyl halides is 3. The van der Waals surface area contributed by atoms with Crippen molar-refractivity contribution in [3.05, 3.63) is 53.9 Å². The Morgan fingerprint density at radius 1 is 1.23 bits per heavy atom. The minimum atomic E-state index is -4.46. The number of ether oxygens (including phenoxy) is 1. The van der Waals surface area contributed by atoms with Crippen LogP contribution in [-0.2, 0) is 10.9 Å². The van der Waals surface area contributed by atoms with Crippen LogP contribution in [0.25, 0.3) is 0 Å². The van der Waals surface area contributed by atoms with E-state index in [0.29, 0.717) is 18.8 Å². The molecule has 1 atom stereocenters. The summed E-state index contributed by atoms with van der Waals surface area (Å²) in [5.74, 6) is -0.345. The number of hydrogen-bond donors (Lipinski definition) is 2. The van der Waals surface area contributed by atoms with E-state index in [-0.39, 0.29) is 23.4 Å². The van der Waals surface area contributed by atoms with Gasteiger partial charge in [-0.2, -0.15) is 13.2 Å². The number of aromatic nitrogens is 1. The van der Waals surface area contributed by atoms with Gasteiger partial charge in [0.2, 0.25) is 0 Å². The second-order valence-electron chi connectivity index (χ2n) is 5.95. The fourth-order valence-corrected chi connectivity index (χ4v) is 2.70.